The number of Topliss-reactive ketones (excluding diaryl/α,β-unsaturated/α-hetero) is 1. The van der Waals surface area contributed by atoms with Crippen molar-refractivity contribution in [1.29, 1.82) is 0 Å². The Kier molecular flexibility index (Phi) is 4.65. The number of amides is 1. The Morgan fingerprint density at radius 1 is 1.14 bits per heavy atom. The Labute approximate surface area is 166 Å². The second kappa shape index (κ2) is 7.13. The Morgan fingerprint density at radius 2 is 1.89 bits per heavy atom. The van der Waals surface area contributed by atoms with E-state index in [0.29, 0.717) is 11.3 Å². The number of carbonyl (C=O) groups excluding carboxylic acids is 2. The van der Waals surface area contributed by atoms with E-state index in [1.807, 2.05) is 37.4 Å². The Hall–Kier alpha value is -3.12. The molecule has 1 unspecified atom stereocenters. The van der Waals surface area contributed by atoms with E-state index in [1.165, 1.54) is 22.5 Å². The maximum Gasteiger partial charge on any atom is 0.296 e. The SMILES string of the molecule is Cc1ccc(C(O)=C2C(=O)C(=O)N(Cc3ccco3)C2c2sccc2C)cc1. The fourth-order valence-corrected chi connectivity index (χ4v) is 4.46. The van der Waals surface area contributed by atoms with Crippen LogP contribution in [0.15, 0.2) is 64.1 Å². The first-order chi connectivity index (χ1) is 13.5. The Bertz CT molecular complexity index is 1060. The number of furan rings is 1. The summed E-state index contributed by atoms with van der Waals surface area (Å²) in [5.74, 6) is -0.889. The summed E-state index contributed by atoms with van der Waals surface area (Å²) in [7, 11) is 0. The zero-order chi connectivity index (χ0) is 19.8. The number of nitrogens with zero attached hydrogens (tertiary/aromatic N) is 1. The topological polar surface area (TPSA) is 70.8 Å². The van der Waals surface area contributed by atoms with Crippen molar-refractivity contribution >= 4 is 28.8 Å². The molecule has 142 valence electrons. The number of benzene rings is 1. The van der Waals surface area contributed by atoms with E-state index in [9.17, 15) is 14.7 Å². The van der Waals surface area contributed by atoms with Crippen LogP contribution in [0, 0.1) is 13.8 Å². The van der Waals surface area contributed by atoms with Gasteiger partial charge in [0.1, 0.15) is 17.6 Å². The smallest absolute Gasteiger partial charge is 0.296 e. The minimum absolute atomic E-state index is 0.117. The second-order valence-corrected chi connectivity index (χ2v) is 7.79. The van der Waals surface area contributed by atoms with Crippen molar-refractivity contribution in [2.45, 2.75) is 26.4 Å². The van der Waals surface area contributed by atoms with E-state index in [0.717, 1.165) is 16.0 Å². The van der Waals surface area contributed by atoms with Crippen LogP contribution in [-0.2, 0) is 16.1 Å². The van der Waals surface area contributed by atoms with Gasteiger partial charge in [0.05, 0.1) is 18.4 Å². The minimum Gasteiger partial charge on any atom is -0.507 e. The maximum absolute atomic E-state index is 12.9. The minimum atomic E-state index is -0.678. The molecule has 0 bridgehead atoms. The Balaban J connectivity index is 1.87. The molecule has 1 saturated heterocycles. The summed E-state index contributed by atoms with van der Waals surface area (Å²) >= 11 is 1.46. The highest BCUT2D eigenvalue weighted by atomic mass is 32.1. The highest BCUT2D eigenvalue weighted by Gasteiger charge is 2.47. The summed E-state index contributed by atoms with van der Waals surface area (Å²) in [6.45, 7) is 4.04. The molecule has 1 N–H and O–H groups in total. The number of likely N-dealkylation sites (tertiary alicyclic amines) is 1. The molecule has 4 rings (SSSR count). The quantitative estimate of drug-likeness (QED) is 0.400. The number of rotatable bonds is 4. The van der Waals surface area contributed by atoms with E-state index in [2.05, 4.69) is 0 Å². The van der Waals surface area contributed by atoms with Crippen LogP contribution >= 0.6 is 11.3 Å². The number of carbonyl (C=O) groups is 2. The number of ketones is 1. The van der Waals surface area contributed by atoms with Crippen molar-refractivity contribution in [2.24, 2.45) is 0 Å². The molecule has 5 nitrogen and oxygen atoms in total. The maximum atomic E-state index is 12.9. The first-order valence-corrected chi connectivity index (χ1v) is 9.77. The normalized spacial score (nSPS) is 18.8. The van der Waals surface area contributed by atoms with Crippen LogP contribution in [0.1, 0.15) is 33.4 Å². The van der Waals surface area contributed by atoms with Gasteiger partial charge in [-0.1, -0.05) is 29.8 Å². The number of thiophene rings is 1. The second-order valence-electron chi connectivity index (χ2n) is 6.84. The molecule has 6 heteroatoms. The van der Waals surface area contributed by atoms with Crippen molar-refractivity contribution in [3.05, 3.63) is 87.0 Å². The standard InChI is InChI=1S/C22H19NO4S/c1-13-5-7-15(8-6-13)19(24)17-18(21-14(2)9-11-28-21)23(22(26)20(17)25)12-16-4-3-10-27-16/h3-11,18,24H,12H2,1-2H3. The van der Waals surface area contributed by atoms with Gasteiger partial charge >= 0.3 is 0 Å². The molecule has 2 aromatic heterocycles. The summed E-state index contributed by atoms with van der Waals surface area (Å²) in [6.07, 6.45) is 1.53. The molecule has 1 fully saturated rings. The van der Waals surface area contributed by atoms with Crippen molar-refractivity contribution < 1.29 is 19.1 Å². The Morgan fingerprint density at radius 3 is 2.50 bits per heavy atom. The average Bonchev–Trinajstić information content (AvgIpc) is 3.39. The van der Waals surface area contributed by atoms with Crippen LogP contribution in [0.4, 0.5) is 0 Å². The van der Waals surface area contributed by atoms with E-state index < -0.39 is 17.7 Å². The lowest BCUT2D eigenvalue weighted by Crippen LogP contribution is -2.28. The van der Waals surface area contributed by atoms with Crippen LogP contribution in [0.5, 0.6) is 0 Å². The molecule has 0 radical (unpaired) electrons. The van der Waals surface area contributed by atoms with E-state index in [-0.39, 0.29) is 17.9 Å². The molecule has 28 heavy (non-hydrogen) atoms. The van der Waals surface area contributed by atoms with Gasteiger partial charge in [-0.05, 0) is 43.0 Å². The van der Waals surface area contributed by atoms with Gasteiger partial charge in [-0.2, -0.15) is 0 Å². The third-order valence-corrected chi connectivity index (χ3v) is 5.99. The summed E-state index contributed by atoms with van der Waals surface area (Å²) in [4.78, 5) is 28.1. The number of hydrogen-bond acceptors (Lipinski definition) is 5. The van der Waals surface area contributed by atoms with Gasteiger partial charge in [0.25, 0.3) is 11.7 Å². The largest absolute Gasteiger partial charge is 0.507 e. The lowest BCUT2D eigenvalue weighted by Gasteiger charge is -2.24. The lowest BCUT2D eigenvalue weighted by molar-refractivity contribution is -0.140. The average molecular weight is 393 g/mol. The number of aliphatic hydroxyl groups is 1. The summed E-state index contributed by atoms with van der Waals surface area (Å²) in [5.41, 5.74) is 2.64. The van der Waals surface area contributed by atoms with Gasteiger partial charge in [-0.15, -0.1) is 11.3 Å². The predicted molar refractivity (Wildman–Crippen MR) is 107 cm³/mol. The van der Waals surface area contributed by atoms with Gasteiger partial charge in [-0.25, -0.2) is 0 Å². The molecular weight excluding hydrogens is 374 g/mol. The lowest BCUT2D eigenvalue weighted by atomic mass is 9.98. The number of aliphatic hydroxyl groups excluding tert-OH is 1. The van der Waals surface area contributed by atoms with Crippen LogP contribution in [-0.4, -0.2) is 21.7 Å². The molecule has 3 aromatic rings. The monoisotopic (exact) mass is 393 g/mol. The molecule has 0 aliphatic carbocycles. The molecule has 1 aromatic carbocycles. The zero-order valence-corrected chi connectivity index (χ0v) is 16.3. The fourth-order valence-electron chi connectivity index (χ4n) is 3.42. The van der Waals surface area contributed by atoms with Crippen LogP contribution in [0.25, 0.3) is 5.76 Å². The van der Waals surface area contributed by atoms with Crippen LogP contribution in [0.2, 0.25) is 0 Å². The van der Waals surface area contributed by atoms with Gasteiger partial charge in [-0.3, -0.25) is 9.59 Å². The molecule has 0 saturated carbocycles. The van der Waals surface area contributed by atoms with Gasteiger partial charge in [0, 0.05) is 10.4 Å². The van der Waals surface area contributed by atoms with Crippen molar-refractivity contribution in [3.8, 4) is 0 Å². The van der Waals surface area contributed by atoms with E-state index >= 15 is 0 Å². The van der Waals surface area contributed by atoms with Crippen LogP contribution in [0.3, 0.4) is 0 Å². The van der Waals surface area contributed by atoms with Gasteiger partial charge in [0.2, 0.25) is 0 Å². The highest BCUT2D eigenvalue weighted by molar-refractivity contribution is 7.10. The summed E-state index contributed by atoms with van der Waals surface area (Å²) in [5, 5.41) is 12.9. The van der Waals surface area contributed by atoms with E-state index in [4.69, 9.17) is 4.42 Å². The van der Waals surface area contributed by atoms with Crippen molar-refractivity contribution in [2.75, 3.05) is 0 Å². The highest BCUT2D eigenvalue weighted by Crippen LogP contribution is 2.43. The first kappa shape index (κ1) is 18.3. The third kappa shape index (κ3) is 3.05. The van der Waals surface area contributed by atoms with Crippen molar-refractivity contribution in [3.63, 3.8) is 0 Å². The van der Waals surface area contributed by atoms with Gasteiger partial charge < -0.3 is 14.4 Å². The molecule has 1 amide bonds. The molecular formula is C22H19NO4S. The fraction of sp³-hybridized carbons (Fsp3) is 0.182. The molecule has 1 aliphatic rings. The van der Waals surface area contributed by atoms with Crippen LogP contribution < -0.4 is 0 Å². The first-order valence-electron chi connectivity index (χ1n) is 8.89. The third-order valence-electron chi connectivity index (χ3n) is 4.92. The summed E-state index contributed by atoms with van der Waals surface area (Å²) < 4.78 is 5.39. The number of aryl methyl sites for hydroxylation is 2. The zero-order valence-electron chi connectivity index (χ0n) is 15.5. The molecule has 1 aliphatic heterocycles. The van der Waals surface area contributed by atoms with E-state index in [1.54, 1.807) is 24.3 Å². The number of hydrogen-bond donors (Lipinski definition) is 1. The molecule has 3 heterocycles. The molecule has 1 atom stereocenters. The van der Waals surface area contributed by atoms with Crippen molar-refractivity contribution in [1.82, 2.24) is 4.90 Å². The van der Waals surface area contributed by atoms with Gasteiger partial charge in [0.15, 0.2) is 0 Å². The summed E-state index contributed by atoms with van der Waals surface area (Å²) in [6, 6.07) is 12.0. The predicted octanol–water partition coefficient (Wildman–Crippen LogP) is 4.58. The molecule has 0 spiro atoms.